The summed E-state index contributed by atoms with van der Waals surface area (Å²) < 4.78 is 19.2. The van der Waals surface area contributed by atoms with Crippen LogP contribution in [0.15, 0.2) is 0 Å². The molecule has 0 saturated heterocycles. The Bertz CT molecular complexity index is 149. The first kappa shape index (κ1) is 7.91. The number of nitrogens with one attached hydrogen (secondary N) is 1. The quantitative estimate of drug-likeness (QED) is 0.591. The smallest absolute Gasteiger partial charge is 0.104 e. The Balaban J connectivity index is 4.04. The number of rotatable bonds is 2. The summed E-state index contributed by atoms with van der Waals surface area (Å²) in [6.07, 6.45) is 1.41. The number of hydrogen-bond acceptors (Lipinski definition) is 2. The van der Waals surface area contributed by atoms with Crippen LogP contribution in [0.2, 0.25) is 0 Å². The second-order valence-corrected chi connectivity index (χ2v) is 3.98. The van der Waals surface area contributed by atoms with Crippen molar-refractivity contribution in [2.24, 2.45) is 0 Å². The van der Waals surface area contributed by atoms with E-state index in [1.165, 1.54) is 10.6 Å². The molecule has 3 nitrogen and oxygen atoms in total. The minimum absolute atomic E-state index is 0.666. The molecule has 0 bridgehead atoms. The average molecular weight is 136 g/mol. The largest absolute Gasteiger partial charge is 0.240 e. The lowest BCUT2D eigenvalue weighted by molar-refractivity contribution is 0.541. The first-order valence-electron chi connectivity index (χ1n) is 2.43. The summed E-state index contributed by atoms with van der Waals surface area (Å²) in [6.45, 7) is 2.54. The molecule has 0 aliphatic heterocycles. The van der Waals surface area contributed by atoms with Crippen LogP contribution in [0.5, 0.6) is 0 Å². The molecule has 0 rings (SSSR count). The zero-order valence-electron chi connectivity index (χ0n) is 5.47. The molecule has 0 aromatic heterocycles. The summed E-state index contributed by atoms with van der Waals surface area (Å²) in [4.78, 5) is 0. The van der Waals surface area contributed by atoms with E-state index in [0.717, 1.165) is 0 Å². The molecule has 0 saturated carbocycles. The predicted octanol–water partition coefficient (Wildman–Crippen LogP) is 0.530. The van der Waals surface area contributed by atoms with Crippen molar-refractivity contribution in [3.63, 3.8) is 0 Å². The second-order valence-electron chi connectivity index (χ2n) is 1.75. The summed E-state index contributed by atoms with van der Waals surface area (Å²) in [6, 6.07) is 0. The molecule has 4 heteroatoms. The third-order valence-corrected chi connectivity index (χ3v) is 2.49. The molecule has 8 heavy (non-hydrogen) atoms. The topological polar surface area (TPSA) is 44.2 Å². The van der Waals surface area contributed by atoms with E-state index in [4.69, 9.17) is 4.78 Å². The van der Waals surface area contributed by atoms with Gasteiger partial charge in [0.15, 0.2) is 0 Å². The number of hydrogen-bond donors (Lipinski definition) is 1. The van der Waals surface area contributed by atoms with Gasteiger partial charge in [-0.2, -0.15) is 0 Å². The number of nitrogens with zero attached hydrogens (tertiary/aromatic N) is 1. The van der Waals surface area contributed by atoms with Gasteiger partial charge in [0.25, 0.3) is 0 Å². The van der Waals surface area contributed by atoms with Crippen molar-refractivity contribution in [2.75, 3.05) is 19.8 Å². The first-order valence-corrected chi connectivity index (χ1v) is 4.36. The van der Waals surface area contributed by atoms with E-state index in [9.17, 15) is 4.21 Å². The highest BCUT2D eigenvalue weighted by Crippen LogP contribution is 1.90. The van der Waals surface area contributed by atoms with E-state index in [2.05, 4.69) is 0 Å². The lowest BCUT2D eigenvalue weighted by Gasteiger charge is -2.12. The molecule has 50 valence electrons. The Kier molecular flexibility index (Phi) is 2.43. The summed E-state index contributed by atoms with van der Waals surface area (Å²) in [7, 11) is -0.744. The van der Waals surface area contributed by atoms with Crippen LogP contribution in [0.4, 0.5) is 0 Å². The summed E-state index contributed by atoms with van der Waals surface area (Å²) in [5, 5.41) is 0. The van der Waals surface area contributed by atoms with Crippen LogP contribution in [0.25, 0.3) is 0 Å². The summed E-state index contributed by atoms with van der Waals surface area (Å²) in [5.41, 5.74) is 0. The van der Waals surface area contributed by atoms with E-state index in [0.29, 0.717) is 6.54 Å². The van der Waals surface area contributed by atoms with Gasteiger partial charge in [-0.3, -0.25) is 0 Å². The Hall–Kier alpha value is -0.0900. The molecule has 0 aromatic rings. The maximum absolute atomic E-state index is 10.7. The molecular weight excluding hydrogens is 124 g/mol. The fourth-order valence-corrected chi connectivity index (χ4v) is 0.739. The molecule has 0 aliphatic rings. The third kappa shape index (κ3) is 2.28. The lowest BCUT2D eigenvalue weighted by Crippen LogP contribution is -2.23. The highest BCUT2D eigenvalue weighted by Gasteiger charge is 2.01. The SMILES string of the molecule is CCN(C)S(C)(=N)=O. The molecule has 0 amide bonds. The molecule has 0 aromatic carbocycles. The van der Waals surface area contributed by atoms with Crippen molar-refractivity contribution in [2.45, 2.75) is 6.92 Å². The lowest BCUT2D eigenvalue weighted by atomic mass is 10.8. The standard InChI is InChI=1S/C4H12N2OS/c1-4-6(2)8(3,5)7/h5H,4H2,1-3H3. The minimum Gasteiger partial charge on any atom is -0.240 e. The van der Waals surface area contributed by atoms with Crippen LogP contribution in [0, 0.1) is 4.78 Å². The fourth-order valence-electron chi connectivity index (χ4n) is 0.246. The molecule has 1 N–H and O–H groups in total. The van der Waals surface area contributed by atoms with Gasteiger partial charge in [-0.1, -0.05) is 6.92 Å². The van der Waals surface area contributed by atoms with Crippen LogP contribution < -0.4 is 0 Å². The normalized spacial score (nSPS) is 18.5. The molecule has 0 fully saturated rings. The van der Waals surface area contributed by atoms with Gasteiger partial charge in [0.1, 0.15) is 9.92 Å². The van der Waals surface area contributed by atoms with E-state index < -0.39 is 9.92 Å². The molecule has 0 aliphatic carbocycles. The van der Waals surface area contributed by atoms with Gasteiger partial charge in [0, 0.05) is 19.8 Å². The van der Waals surface area contributed by atoms with E-state index in [1.54, 1.807) is 7.05 Å². The van der Waals surface area contributed by atoms with E-state index in [1.807, 2.05) is 6.92 Å². The Morgan fingerprint density at radius 2 is 2.12 bits per heavy atom. The van der Waals surface area contributed by atoms with Crippen LogP contribution in [-0.2, 0) is 9.92 Å². The average Bonchev–Trinajstić information content (AvgIpc) is 1.62. The Labute approximate surface area is 50.8 Å². The fraction of sp³-hybridized carbons (Fsp3) is 1.00. The van der Waals surface area contributed by atoms with Crippen molar-refractivity contribution < 1.29 is 4.21 Å². The third-order valence-electron chi connectivity index (χ3n) is 1.04. The van der Waals surface area contributed by atoms with Crippen LogP contribution >= 0.6 is 0 Å². The van der Waals surface area contributed by atoms with Crippen molar-refractivity contribution in [3.05, 3.63) is 0 Å². The highest BCUT2D eigenvalue weighted by molar-refractivity contribution is 7.89. The zero-order chi connectivity index (χ0) is 6.78. The molecule has 0 radical (unpaired) electrons. The Morgan fingerprint density at radius 3 is 2.12 bits per heavy atom. The maximum Gasteiger partial charge on any atom is 0.104 e. The summed E-state index contributed by atoms with van der Waals surface area (Å²) in [5.74, 6) is 0. The second kappa shape index (κ2) is 2.46. The molecule has 1 atom stereocenters. The predicted molar refractivity (Wildman–Crippen MR) is 35.1 cm³/mol. The highest BCUT2D eigenvalue weighted by atomic mass is 32.2. The van der Waals surface area contributed by atoms with Crippen molar-refractivity contribution >= 4 is 9.92 Å². The van der Waals surface area contributed by atoms with Crippen molar-refractivity contribution in [1.29, 1.82) is 4.78 Å². The first-order chi connectivity index (χ1) is 3.48. The van der Waals surface area contributed by atoms with E-state index in [-0.39, 0.29) is 0 Å². The molecule has 0 spiro atoms. The molecular formula is C4H12N2OS. The Morgan fingerprint density at radius 1 is 1.75 bits per heavy atom. The van der Waals surface area contributed by atoms with Crippen LogP contribution in [0.1, 0.15) is 6.92 Å². The zero-order valence-corrected chi connectivity index (χ0v) is 6.29. The van der Waals surface area contributed by atoms with Gasteiger partial charge in [-0.15, -0.1) is 0 Å². The summed E-state index contributed by atoms with van der Waals surface area (Å²) >= 11 is 0. The van der Waals surface area contributed by atoms with Gasteiger partial charge in [0.05, 0.1) is 0 Å². The van der Waals surface area contributed by atoms with Crippen molar-refractivity contribution in [3.8, 4) is 0 Å². The van der Waals surface area contributed by atoms with Gasteiger partial charge in [-0.25, -0.2) is 13.3 Å². The van der Waals surface area contributed by atoms with Gasteiger partial charge >= 0.3 is 0 Å². The van der Waals surface area contributed by atoms with Gasteiger partial charge in [-0.05, 0) is 0 Å². The van der Waals surface area contributed by atoms with Crippen LogP contribution in [-0.4, -0.2) is 28.4 Å². The monoisotopic (exact) mass is 136 g/mol. The van der Waals surface area contributed by atoms with Gasteiger partial charge < -0.3 is 0 Å². The van der Waals surface area contributed by atoms with Gasteiger partial charge in [0.2, 0.25) is 0 Å². The van der Waals surface area contributed by atoms with Crippen LogP contribution in [0.3, 0.4) is 0 Å². The van der Waals surface area contributed by atoms with Crippen molar-refractivity contribution in [1.82, 2.24) is 4.31 Å². The minimum atomic E-state index is -2.42. The molecule has 1 unspecified atom stereocenters. The van der Waals surface area contributed by atoms with E-state index >= 15 is 0 Å². The molecule has 0 heterocycles. The maximum atomic E-state index is 10.7.